The summed E-state index contributed by atoms with van der Waals surface area (Å²) in [6.07, 6.45) is 1.92. The van der Waals surface area contributed by atoms with Crippen LogP contribution in [0.4, 0.5) is 5.69 Å². The maximum Gasteiger partial charge on any atom is 0.255 e. The molecule has 1 aliphatic heterocycles. The van der Waals surface area contributed by atoms with Gasteiger partial charge in [0.05, 0.1) is 10.5 Å². The molecule has 0 unspecified atom stereocenters. The summed E-state index contributed by atoms with van der Waals surface area (Å²) in [6.45, 7) is 1.36. The average molecular weight is 269 g/mol. The highest BCUT2D eigenvalue weighted by Gasteiger charge is 2.22. The number of likely N-dealkylation sites (tertiary alicyclic amines) is 1. The first-order valence-electron chi connectivity index (χ1n) is 5.61. The molecular weight excluding hydrogens is 254 g/mol. The molecule has 1 fully saturated rings. The highest BCUT2D eigenvalue weighted by atomic mass is 32.2. The molecule has 18 heavy (non-hydrogen) atoms. The Labute approximate surface area is 106 Å². The number of carbonyl (C=O) groups is 1. The fourth-order valence-electron chi connectivity index (χ4n) is 1.99. The lowest BCUT2D eigenvalue weighted by molar-refractivity contribution is 0.0793. The Hall–Kier alpha value is -1.60. The Morgan fingerprint density at radius 1 is 1.22 bits per heavy atom. The number of anilines is 1. The minimum absolute atomic E-state index is 0.0979. The molecule has 7 heteroatoms. The van der Waals surface area contributed by atoms with Gasteiger partial charge in [0, 0.05) is 18.8 Å². The number of hydrogen-bond donors (Lipinski definition) is 2. The van der Waals surface area contributed by atoms with Crippen molar-refractivity contribution >= 4 is 21.6 Å². The number of primary sulfonamides is 1. The molecule has 1 aliphatic rings. The molecule has 4 N–H and O–H groups in total. The van der Waals surface area contributed by atoms with Gasteiger partial charge >= 0.3 is 0 Å². The van der Waals surface area contributed by atoms with E-state index in [1.54, 1.807) is 4.90 Å². The van der Waals surface area contributed by atoms with Gasteiger partial charge in [0.25, 0.3) is 5.91 Å². The van der Waals surface area contributed by atoms with Crippen LogP contribution in [0.15, 0.2) is 23.1 Å². The van der Waals surface area contributed by atoms with Gasteiger partial charge in [-0.3, -0.25) is 4.79 Å². The standard InChI is InChI=1S/C11H15N3O3S/c12-10-4-3-8(18(13,16)17)7-9(10)11(15)14-5-1-2-6-14/h3-4,7H,1-2,5-6,12H2,(H2,13,16,17). The van der Waals surface area contributed by atoms with Crippen molar-refractivity contribution in [2.24, 2.45) is 5.14 Å². The van der Waals surface area contributed by atoms with E-state index in [1.807, 2.05) is 0 Å². The number of sulfonamides is 1. The molecule has 0 radical (unpaired) electrons. The minimum atomic E-state index is -3.83. The number of rotatable bonds is 2. The smallest absolute Gasteiger partial charge is 0.255 e. The van der Waals surface area contributed by atoms with Crippen molar-refractivity contribution in [1.29, 1.82) is 0 Å². The third-order valence-corrected chi connectivity index (χ3v) is 3.89. The number of benzene rings is 1. The van der Waals surface area contributed by atoms with Gasteiger partial charge in [-0.25, -0.2) is 13.6 Å². The SMILES string of the molecule is Nc1ccc(S(N)(=O)=O)cc1C(=O)N1CCCC1. The molecular formula is C11H15N3O3S. The van der Waals surface area contributed by atoms with E-state index in [4.69, 9.17) is 10.9 Å². The van der Waals surface area contributed by atoms with Crippen LogP contribution >= 0.6 is 0 Å². The molecule has 1 amide bonds. The average Bonchev–Trinajstić information content (AvgIpc) is 2.80. The lowest BCUT2D eigenvalue weighted by Gasteiger charge is -2.16. The second-order valence-electron chi connectivity index (χ2n) is 4.29. The summed E-state index contributed by atoms with van der Waals surface area (Å²) in [6, 6.07) is 3.93. The van der Waals surface area contributed by atoms with Gasteiger partial charge in [-0.1, -0.05) is 0 Å². The Kier molecular flexibility index (Phi) is 3.27. The van der Waals surface area contributed by atoms with E-state index < -0.39 is 10.0 Å². The highest BCUT2D eigenvalue weighted by Crippen LogP contribution is 2.21. The zero-order chi connectivity index (χ0) is 13.3. The predicted octanol–water partition coefficient (Wildman–Crippen LogP) is 0.152. The Bertz CT molecular complexity index is 577. The maximum absolute atomic E-state index is 12.2. The zero-order valence-electron chi connectivity index (χ0n) is 9.80. The zero-order valence-corrected chi connectivity index (χ0v) is 10.6. The second kappa shape index (κ2) is 4.58. The summed E-state index contributed by atoms with van der Waals surface area (Å²) in [4.78, 5) is 13.7. The highest BCUT2D eigenvalue weighted by molar-refractivity contribution is 7.89. The number of nitrogen functional groups attached to an aromatic ring is 1. The lowest BCUT2D eigenvalue weighted by atomic mass is 10.1. The normalized spacial score (nSPS) is 15.9. The first-order chi connectivity index (χ1) is 8.39. The lowest BCUT2D eigenvalue weighted by Crippen LogP contribution is -2.28. The first-order valence-corrected chi connectivity index (χ1v) is 7.16. The van der Waals surface area contributed by atoms with E-state index in [2.05, 4.69) is 0 Å². The maximum atomic E-state index is 12.2. The number of amides is 1. The van der Waals surface area contributed by atoms with Crippen molar-refractivity contribution in [3.63, 3.8) is 0 Å². The molecule has 1 saturated heterocycles. The van der Waals surface area contributed by atoms with Crippen molar-refractivity contribution in [2.75, 3.05) is 18.8 Å². The van der Waals surface area contributed by atoms with E-state index in [0.717, 1.165) is 12.8 Å². The Balaban J connectivity index is 2.40. The van der Waals surface area contributed by atoms with Crippen LogP contribution in [0.1, 0.15) is 23.2 Å². The second-order valence-corrected chi connectivity index (χ2v) is 5.85. The van der Waals surface area contributed by atoms with Crippen molar-refractivity contribution in [2.45, 2.75) is 17.7 Å². The van der Waals surface area contributed by atoms with Crippen LogP contribution in [-0.2, 0) is 10.0 Å². The number of carbonyl (C=O) groups excluding carboxylic acids is 1. The van der Waals surface area contributed by atoms with Crippen LogP contribution in [0.3, 0.4) is 0 Å². The summed E-state index contributed by atoms with van der Waals surface area (Å²) in [5.74, 6) is -0.240. The van der Waals surface area contributed by atoms with Gasteiger partial charge in [-0.2, -0.15) is 0 Å². The quantitative estimate of drug-likeness (QED) is 0.745. The van der Waals surface area contributed by atoms with Crippen LogP contribution in [0.25, 0.3) is 0 Å². The monoisotopic (exact) mass is 269 g/mol. The molecule has 0 bridgehead atoms. The molecule has 0 spiro atoms. The summed E-state index contributed by atoms with van der Waals surface area (Å²) in [5, 5.41) is 5.04. The van der Waals surface area contributed by atoms with E-state index in [0.29, 0.717) is 13.1 Å². The molecule has 6 nitrogen and oxygen atoms in total. The van der Waals surface area contributed by atoms with Gasteiger partial charge in [-0.15, -0.1) is 0 Å². The van der Waals surface area contributed by atoms with Gasteiger partial charge in [0.1, 0.15) is 0 Å². The van der Waals surface area contributed by atoms with Crippen molar-refractivity contribution in [3.8, 4) is 0 Å². The summed E-state index contributed by atoms with van der Waals surface area (Å²) in [5.41, 5.74) is 6.18. The molecule has 0 saturated carbocycles. The van der Waals surface area contributed by atoms with E-state index >= 15 is 0 Å². The third-order valence-electron chi connectivity index (χ3n) is 2.98. The van der Waals surface area contributed by atoms with Gasteiger partial charge < -0.3 is 10.6 Å². The molecule has 0 aromatic heterocycles. The first kappa shape index (κ1) is 12.8. The number of hydrogen-bond acceptors (Lipinski definition) is 4. The minimum Gasteiger partial charge on any atom is -0.398 e. The fourth-order valence-corrected chi connectivity index (χ4v) is 2.53. The van der Waals surface area contributed by atoms with Crippen LogP contribution in [-0.4, -0.2) is 32.3 Å². The van der Waals surface area contributed by atoms with Crippen LogP contribution in [0, 0.1) is 0 Å². The Morgan fingerprint density at radius 2 is 1.83 bits per heavy atom. The molecule has 98 valence electrons. The van der Waals surface area contributed by atoms with Crippen LogP contribution in [0.2, 0.25) is 0 Å². The summed E-state index contributed by atoms with van der Waals surface area (Å²) < 4.78 is 22.5. The Morgan fingerprint density at radius 3 is 2.39 bits per heavy atom. The van der Waals surface area contributed by atoms with Gasteiger partial charge in [0.2, 0.25) is 10.0 Å². The largest absolute Gasteiger partial charge is 0.398 e. The van der Waals surface area contributed by atoms with E-state index in [-0.39, 0.29) is 22.1 Å². The van der Waals surface area contributed by atoms with Crippen molar-refractivity contribution in [3.05, 3.63) is 23.8 Å². The van der Waals surface area contributed by atoms with Crippen LogP contribution in [0.5, 0.6) is 0 Å². The number of nitrogens with two attached hydrogens (primary N) is 2. The van der Waals surface area contributed by atoms with Gasteiger partial charge in [0.15, 0.2) is 0 Å². The number of nitrogens with zero attached hydrogens (tertiary/aromatic N) is 1. The molecule has 0 aliphatic carbocycles. The predicted molar refractivity (Wildman–Crippen MR) is 67.4 cm³/mol. The molecule has 1 aromatic rings. The van der Waals surface area contributed by atoms with Gasteiger partial charge in [-0.05, 0) is 31.0 Å². The van der Waals surface area contributed by atoms with Crippen molar-refractivity contribution in [1.82, 2.24) is 4.90 Å². The molecule has 1 aromatic carbocycles. The van der Waals surface area contributed by atoms with E-state index in [1.165, 1.54) is 18.2 Å². The third kappa shape index (κ3) is 2.46. The molecule has 1 heterocycles. The topological polar surface area (TPSA) is 106 Å². The van der Waals surface area contributed by atoms with Crippen molar-refractivity contribution < 1.29 is 13.2 Å². The fraction of sp³-hybridized carbons (Fsp3) is 0.364. The summed E-state index contributed by atoms with van der Waals surface area (Å²) >= 11 is 0. The molecule has 0 atom stereocenters. The van der Waals surface area contributed by atoms with E-state index in [9.17, 15) is 13.2 Å². The molecule has 2 rings (SSSR count). The van der Waals surface area contributed by atoms with Crippen LogP contribution < -0.4 is 10.9 Å². The summed E-state index contributed by atoms with van der Waals surface area (Å²) in [7, 11) is -3.83.